The third-order valence-corrected chi connectivity index (χ3v) is 5.95. The minimum Gasteiger partial charge on any atom is -0.493 e. The van der Waals surface area contributed by atoms with Gasteiger partial charge in [0.05, 0.1) is 23.8 Å². The summed E-state index contributed by atoms with van der Waals surface area (Å²) in [6, 6.07) is 14.9. The lowest BCUT2D eigenvalue weighted by Gasteiger charge is -2.06. The van der Waals surface area contributed by atoms with Crippen LogP contribution in [0.3, 0.4) is 0 Å². The van der Waals surface area contributed by atoms with Crippen LogP contribution >= 0.6 is 11.8 Å². The Kier molecular flexibility index (Phi) is 5.24. The van der Waals surface area contributed by atoms with Gasteiger partial charge in [-0.15, -0.1) is 16.8 Å². The van der Waals surface area contributed by atoms with Crippen molar-refractivity contribution in [2.45, 2.75) is 17.5 Å². The van der Waals surface area contributed by atoms with Gasteiger partial charge < -0.3 is 14.1 Å². The maximum atomic E-state index is 12.3. The average molecular weight is 446 g/mol. The number of aromatic nitrogens is 5. The second-order valence-corrected chi connectivity index (χ2v) is 7.96. The number of H-pyrrole nitrogens is 1. The fraction of sp³-hybridized carbons (Fsp3) is 0.130. The topological polar surface area (TPSA) is 98.8 Å². The van der Waals surface area contributed by atoms with Crippen molar-refractivity contribution < 1.29 is 9.15 Å². The highest BCUT2D eigenvalue weighted by Gasteiger charge is 2.19. The molecule has 1 N–H and O–H groups in total. The zero-order valence-electron chi connectivity index (χ0n) is 17.2. The molecule has 5 rings (SSSR count). The van der Waals surface area contributed by atoms with Crippen molar-refractivity contribution in [2.24, 2.45) is 0 Å². The number of ether oxygens (including phenoxy) is 1. The molecule has 3 heterocycles. The van der Waals surface area contributed by atoms with Gasteiger partial charge in [0, 0.05) is 11.9 Å². The number of furan rings is 1. The van der Waals surface area contributed by atoms with Crippen molar-refractivity contribution in [1.29, 1.82) is 0 Å². The van der Waals surface area contributed by atoms with Gasteiger partial charge in [-0.25, -0.2) is 4.98 Å². The van der Waals surface area contributed by atoms with Gasteiger partial charge in [-0.1, -0.05) is 42.1 Å². The average Bonchev–Trinajstić information content (AvgIpc) is 3.41. The van der Waals surface area contributed by atoms with Gasteiger partial charge in [-0.05, 0) is 24.3 Å². The number of rotatable bonds is 7. The highest BCUT2D eigenvalue weighted by atomic mass is 32.2. The Morgan fingerprint density at radius 3 is 2.94 bits per heavy atom. The summed E-state index contributed by atoms with van der Waals surface area (Å²) in [5, 5.41) is 10.8. The number of thioether (sulfide) groups is 1. The molecule has 0 amide bonds. The smallest absolute Gasteiger partial charge is 0.258 e. The van der Waals surface area contributed by atoms with Crippen LogP contribution in [0.25, 0.3) is 33.5 Å². The first kappa shape index (κ1) is 20.1. The van der Waals surface area contributed by atoms with Crippen LogP contribution in [0.4, 0.5) is 0 Å². The Morgan fingerprint density at radius 2 is 2.09 bits per heavy atom. The zero-order valence-corrected chi connectivity index (χ0v) is 18.1. The minimum atomic E-state index is -0.157. The molecule has 0 aliphatic rings. The number of hydrogen-bond acceptors (Lipinski definition) is 7. The van der Waals surface area contributed by atoms with Crippen molar-refractivity contribution in [3.8, 4) is 17.3 Å². The molecule has 0 fully saturated rings. The first-order valence-electron chi connectivity index (χ1n) is 9.89. The van der Waals surface area contributed by atoms with E-state index in [4.69, 9.17) is 9.15 Å². The second-order valence-electron chi connectivity index (χ2n) is 7.01. The monoisotopic (exact) mass is 445 g/mol. The van der Waals surface area contributed by atoms with Gasteiger partial charge in [0.15, 0.2) is 22.2 Å². The van der Waals surface area contributed by atoms with E-state index < -0.39 is 0 Å². The third-order valence-electron chi connectivity index (χ3n) is 4.98. The van der Waals surface area contributed by atoms with Crippen LogP contribution in [0.2, 0.25) is 0 Å². The van der Waals surface area contributed by atoms with Gasteiger partial charge in [-0.2, -0.15) is 0 Å². The molecule has 0 aliphatic heterocycles. The van der Waals surface area contributed by atoms with Crippen LogP contribution < -0.4 is 10.3 Å². The number of hydrogen-bond donors (Lipinski definition) is 1. The number of aromatic amines is 1. The number of nitrogens with zero attached hydrogens (tertiary/aromatic N) is 4. The predicted molar refractivity (Wildman–Crippen MR) is 124 cm³/mol. The van der Waals surface area contributed by atoms with Crippen LogP contribution in [0.5, 0.6) is 5.75 Å². The molecule has 8 nitrogen and oxygen atoms in total. The predicted octanol–water partition coefficient (Wildman–Crippen LogP) is 4.41. The Labute approximate surface area is 187 Å². The third kappa shape index (κ3) is 3.56. The van der Waals surface area contributed by atoms with E-state index in [-0.39, 0.29) is 5.56 Å². The Hall–Kier alpha value is -3.85. The highest BCUT2D eigenvalue weighted by Crippen LogP contribution is 2.34. The van der Waals surface area contributed by atoms with Gasteiger partial charge in [-0.3, -0.25) is 9.36 Å². The summed E-state index contributed by atoms with van der Waals surface area (Å²) in [5.74, 6) is 2.84. The summed E-state index contributed by atoms with van der Waals surface area (Å²) >= 11 is 1.43. The molecule has 32 heavy (non-hydrogen) atoms. The normalized spacial score (nSPS) is 11.3. The molecular formula is C23H19N5O3S. The maximum absolute atomic E-state index is 12.3. The van der Waals surface area contributed by atoms with E-state index in [1.54, 1.807) is 19.3 Å². The van der Waals surface area contributed by atoms with Crippen LogP contribution in [-0.4, -0.2) is 31.8 Å². The van der Waals surface area contributed by atoms with Gasteiger partial charge in [0.2, 0.25) is 5.82 Å². The van der Waals surface area contributed by atoms with Gasteiger partial charge in [0.1, 0.15) is 5.82 Å². The molecule has 3 aromatic heterocycles. The SMILES string of the molecule is C=CCn1c(SCc2nc3ccccc3c(=O)[nH]2)nnc1-c1cc2cccc(OC)c2o1. The molecule has 9 heteroatoms. The summed E-state index contributed by atoms with van der Waals surface area (Å²) in [7, 11) is 1.61. The van der Waals surface area contributed by atoms with E-state index in [9.17, 15) is 4.79 Å². The van der Waals surface area contributed by atoms with Gasteiger partial charge in [0.25, 0.3) is 5.56 Å². The molecule has 0 atom stereocenters. The number of methoxy groups -OCH3 is 1. The number of para-hydroxylation sites is 2. The molecule has 0 bridgehead atoms. The maximum Gasteiger partial charge on any atom is 0.258 e. The largest absolute Gasteiger partial charge is 0.493 e. The number of nitrogens with one attached hydrogen (secondary N) is 1. The Bertz CT molecular complexity index is 1500. The quantitative estimate of drug-likeness (QED) is 0.292. The van der Waals surface area contributed by atoms with Crippen molar-refractivity contribution in [2.75, 3.05) is 7.11 Å². The van der Waals surface area contributed by atoms with E-state index in [0.717, 1.165) is 5.39 Å². The van der Waals surface area contributed by atoms with Gasteiger partial charge >= 0.3 is 0 Å². The van der Waals surface area contributed by atoms with E-state index in [1.165, 1.54) is 11.8 Å². The first-order chi connectivity index (χ1) is 15.7. The lowest BCUT2D eigenvalue weighted by atomic mass is 10.2. The second kappa shape index (κ2) is 8.35. The number of fused-ring (bicyclic) bond motifs is 2. The van der Waals surface area contributed by atoms with Crippen molar-refractivity contribution in [3.05, 3.63) is 77.4 Å². The first-order valence-corrected chi connectivity index (χ1v) is 10.9. The number of benzene rings is 2. The molecule has 0 saturated carbocycles. The van der Waals surface area contributed by atoms with Crippen LogP contribution in [0.1, 0.15) is 5.82 Å². The Morgan fingerprint density at radius 1 is 1.22 bits per heavy atom. The minimum absolute atomic E-state index is 0.157. The van der Waals surface area contributed by atoms with E-state index in [1.807, 2.05) is 47.0 Å². The van der Waals surface area contributed by atoms with Crippen molar-refractivity contribution in [1.82, 2.24) is 24.7 Å². The lowest BCUT2D eigenvalue weighted by molar-refractivity contribution is 0.410. The standard InChI is InChI=1S/C23H19N5O3S/c1-3-11-28-21(18-12-14-7-6-10-17(30-2)20(14)31-18)26-27-23(28)32-13-19-24-16-9-5-4-8-15(16)22(29)25-19/h3-10,12H,1,11,13H2,2H3,(H,24,25,29). The fourth-order valence-electron chi connectivity index (χ4n) is 3.51. The van der Waals surface area contributed by atoms with E-state index in [2.05, 4.69) is 26.7 Å². The lowest BCUT2D eigenvalue weighted by Crippen LogP contribution is -2.11. The van der Waals surface area contributed by atoms with E-state index in [0.29, 0.717) is 57.1 Å². The summed E-state index contributed by atoms with van der Waals surface area (Å²) in [6.07, 6.45) is 1.77. The summed E-state index contributed by atoms with van der Waals surface area (Å²) < 4.78 is 13.4. The molecule has 160 valence electrons. The molecule has 0 radical (unpaired) electrons. The molecule has 0 saturated heterocycles. The zero-order chi connectivity index (χ0) is 22.1. The summed E-state index contributed by atoms with van der Waals surface area (Å²) in [5.41, 5.74) is 1.16. The molecule has 2 aromatic carbocycles. The fourth-order valence-corrected chi connectivity index (χ4v) is 4.33. The van der Waals surface area contributed by atoms with Crippen molar-refractivity contribution in [3.63, 3.8) is 0 Å². The molecular weight excluding hydrogens is 426 g/mol. The molecule has 0 aliphatic carbocycles. The molecule has 0 unspecified atom stereocenters. The van der Waals surface area contributed by atoms with Crippen LogP contribution in [-0.2, 0) is 12.3 Å². The summed E-state index contributed by atoms with van der Waals surface area (Å²) in [4.78, 5) is 19.7. The Balaban J connectivity index is 1.47. The van der Waals surface area contributed by atoms with Crippen LogP contribution in [0.15, 0.2) is 75.6 Å². The molecule has 5 aromatic rings. The highest BCUT2D eigenvalue weighted by molar-refractivity contribution is 7.98. The summed E-state index contributed by atoms with van der Waals surface area (Å²) in [6.45, 7) is 4.35. The van der Waals surface area contributed by atoms with Crippen molar-refractivity contribution >= 4 is 33.6 Å². The van der Waals surface area contributed by atoms with Crippen LogP contribution in [0, 0.1) is 0 Å². The number of allylic oxidation sites excluding steroid dienone is 1. The molecule has 0 spiro atoms. The van der Waals surface area contributed by atoms with E-state index >= 15 is 0 Å².